The molecule has 10 nitrogen and oxygen atoms in total. The van der Waals surface area contributed by atoms with Crippen LogP contribution in [0.15, 0.2) is 0 Å². The fraction of sp³-hybridized carbons (Fsp3) is 0.909. The normalized spacial score (nSPS) is 29.1. The van der Waals surface area contributed by atoms with Crippen molar-refractivity contribution in [1.29, 1.82) is 0 Å². The van der Waals surface area contributed by atoms with Crippen molar-refractivity contribution >= 4 is 11.8 Å². The summed E-state index contributed by atoms with van der Waals surface area (Å²) in [5.74, 6) is -0.550. The third kappa shape index (κ3) is 9.68. The van der Waals surface area contributed by atoms with E-state index >= 15 is 0 Å². The van der Waals surface area contributed by atoms with Crippen molar-refractivity contribution in [2.24, 2.45) is 17.8 Å². The average Bonchev–Trinajstić information content (AvgIpc) is 2.67. The van der Waals surface area contributed by atoms with Gasteiger partial charge in [-0.15, -0.1) is 0 Å². The van der Waals surface area contributed by atoms with Crippen LogP contribution in [-0.4, -0.2) is 88.2 Å². The van der Waals surface area contributed by atoms with Gasteiger partial charge in [-0.25, -0.2) is 0 Å². The molecule has 0 saturated carbocycles. The summed E-state index contributed by atoms with van der Waals surface area (Å²) < 4.78 is 11.4. The minimum absolute atomic E-state index is 0.0776. The minimum atomic E-state index is -1.35. The highest BCUT2D eigenvalue weighted by Crippen LogP contribution is 2.23. The van der Waals surface area contributed by atoms with E-state index < -0.39 is 48.8 Å². The van der Waals surface area contributed by atoms with Crippen molar-refractivity contribution in [3.8, 4) is 0 Å². The fourth-order valence-electron chi connectivity index (χ4n) is 4.00. The van der Waals surface area contributed by atoms with Gasteiger partial charge in [0.25, 0.3) is 0 Å². The predicted molar refractivity (Wildman–Crippen MR) is 117 cm³/mol. The number of carbonyl (C=O) groups is 2. The summed E-state index contributed by atoms with van der Waals surface area (Å²) in [6.07, 6.45) is -3.61. The van der Waals surface area contributed by atoms with E-state index in [1.807, 2.05) is 13.8 Å². The maximum Gasteiger partial charge on any atom is 0.222 e. The number of carbonyl (C=O) groups excluding carboxylic acids is 2. The Hall–Kier alpha value is -1.30. The van der Waals surface area contributed by atoms with Crippen molar-refractivity contribution in [3.63, 3.8) is 0 Å². The SMILES string of the molecule is CC(=O)NC1C(OCC(C)CC(C)CNC(=O)C(C)CC(C)(C)O)OC(CO)C(O)C1O. The van der Waals surface area contributed by atoms with E-state index in [1.54, 1.807) is 20.8 Å². The topological polar surface area (TPSA) is 158 Å². The summed E-state index contributed by atoms with van der Waals surface area (Å²) in [4.78, 5) is 23.7. The van der Waals surface area contributed by atoms with Crippen LogP contribution in [0.5, 0.6) is 0 Å². The second-order valence-electron chi connectivity index (χ2n) is 9.88. The van der Waals surface area contributed by atoms with Gasteiger partial charge in [0.1, 0.15) is 24.4 Å². The standard InChI is InChI=1S/C22H42N2O8/c1-12(9-23-20(29)14(3)8-22(5,6)30)7-13(2)11-31-21-17(24-15(4)26)19(28)18(27)16(10-25)32-21/h12-14,16-19,21,25,27-28,30H,7-11H2,1-6H3,(H,23,29)(H,24,26). The van der Waals surface area contributed by atoms with Crippen molar-refractivity contribution in [1.82, 2.24) is 10.6 Å². The average molecular weight is 463 g/mol. The summed E-state index contributed by atoms with van der Waals surface area (Å²) in [5.41, 5.74) is -0.900. The summed E-state index contributed by atoms with van der Waals surface area (Å²) in [7, 11) is 0. The molecule has 8 atom stereocenters. The Morgan fingerprint density at radius 1 is 1.12 bits per heavy atom. The second-order valence-corrected chi connectivity index (χ2v) is 9.88. The van der Waals surface area contributed by atoms with Crippen molar-refractivity contribution in [2.45, 2.75) is 90.6 Å². The predicted octanol–water partition coefficient (Wildman–Crippen LogP) is -0.478. The maximum atomic E-state index is 12.2. The molecule has 6 N–H and O–H groups in total. The Balaban J connectivity index is 2.52. The number of amides is 2. The molecule has 0 spiro atoms. The monoisotopic (exact) mass is 462 g/mol. The Kier molecular flexibility index (Phi) is 11.5. The number of nitrogens with one attached hydrogen (secondary N) is 2. The lowest BCUT2D eigenvalue weighted by molar-refractivity contribution is -0.272. The van der Waals surface area contributed by atoms with Crippen LogP contribution in [0.2, 0.25) is 0 Å². The Bertz CT molecular complexity index is 597. The number of aliphatic hydroxyl groups is 4. The van der Waals surface area contributed by atoms with Crippen LogP contribution >= 0.6 is 0 Å². The van der Waals surface area contributed by atoms with Gasteiger partial charge in [0.15, 0.2) is 6.29 Å². The number of hydrogen-bond donors (Lipinski definition) is 6. The summed E-state index contributed by atoms with van der Waals surface area (Å²) in [6, 6.07) is -0.966. The van der Waals surface area contributed by atoms with Gasteiger partial charge >= 0.3 is 0 Å². The lowest BCUT2D eigenvalue weighted by Crippen LogP contribution is -2.64. The van der Waals surface area contributed by atoms with Crippen LogP contribution in [0.4, 0.5) is 0 Å². The maximum absolute atomic E-state index is 12.2. The fourth-order valence-corrected chi connectivity index (χ4v) is 4.00. The summed E-state index contributed by atoms with van der Waals surface area (Å²) in [5, 5.41) is 45.1. The molecule has 2 amide bonds. The van der Waals surface area contributed by atoms with Gasteiger partial charge in [0.05, 0.1) is 18.8 Å². The molecule has 0 aromatic rings. The largest absolute Gasteiger partial charge is 0.394 e. The van der Waals surface area contributed by atoms with E-state index in [0.717, 1.165) is 6.42 Å². The summed E-state index contributed by atoms with van der Waals surface area (Å²) >= 11 is 0. The van der Waals surface area contributed by atoms with E-state index in [4.69, 9.17) is 9.47 Å². The first-order valence-corrected chi connectivity index (χ1v) is 11.3. The Morgan fingerprint density at radius 3 is 2.28 bits per heavy atom. The highest BCUT2D eigenvalue weighted by molar-refractivity contribution is 5.78. The zero-order chi connectivity index (χ0) is 24.6. The van der Waals surface area contributed by atoms with Crippen LogP contribution in [0.1, 0.15) is 54.4 Å². The van der Waals surface area contributed by atoms with Crippen LogP contribution in [0, 0.1) is 17.8 Å². The highest BCUT2D eigenvalue weighted by atomic mass is 16.7. The first kappa shape index (κ1) is 28.7. The van der Waals surface area contributed by atoms with Crippen LogP contribution in [-0.2, 0) is 19.1 Å². The Morgan fingerprint density at radius 2 is 1.75 bits per heavy atom. The second kappa shape index (κ2) is 12.8. The molecule has 1 saturated heterocycles. The van der Waals surface area contributed by atoms with E-state index in [2.05, 4.69) is 10.6 Å². The van der Waals surface area contributed by atoms with Gasteiger partial charge in [0, 0.05) is 19.4 Å². The lowest BCUT2D eigenvalue weighted by Gasteiger charge is -2.42. The Labute approximate surface area is 190 Å². The molecule has 188 valence electrons. The third-order valence-corrected chi connectivity index (χ3v) is 5.48. The molecule has 10 heteroatoms. The van der Waals surface area contributed by atoms with Crippen molar-refractivity contribution in [3.05, 3.63) is 0 Å². The smallest absolute Gasteiger partial charge is 0.222 e. The first-order chi connectivity index (χ1) is 14.7. The van der Waals surface area contributed by atoms with E-state index in [0.29, 0.717) is 13.0 Å². The van der Waals surface area contributed by atoms with Crippen LogP contribution in [0.25, 0.3) is 0 Å². The zero-order valence-electron chi connectivity index (χ0n) is 20.1. The van der Waals surface area contributed by atoms with Crippen molar-refractivity contribution in [2.75, 3.05) is 19.8 Å². The van der Waals surface area contributed by atoms with Gasteiger partial charge in [-0.3, -0.25) is 9.59 Å². The lowest BCUT2D eigenvalue weighted by atomic mass is 9.93. The zero-order valence-corrected chi connectivity index (χ0v) is 20.1. The van der Waals surface area contributed by atoms with Crippen LogP contribution in [0.3, 0.4) is 0 Å². The molecule has 0 aromatic heterocycles. The van der Waals surface area contributed by atoms with Gasteiger partial charge in [-0.2, -0.15) is 0 Å². The summed E-state index contributed by atoms with van der Waals surface area (Å²) in [6.45, 7) is 10.7. The quantitative estimate of drug-likeness (QED) is 0.227. The molecule has 0 aliphatic carbocycles. The molecule has 1 aliphatic heterocycles. The number of rotatable bonds is 12. The number of hydrogen-bond acceptors (Lipinski definition) is 8. The molecular formula is C22H42N2O8. The van der Waals surface area contributed by atoms with E-state index in [1.165, 1.54) is 6.92 Å². The molecule has 1 rings (SSSR count). The van der Waals surface area contributed by atoms with Gasteiger partial charge in [0.2, 0.25) is 11.8 Å². The molecule has 0 aromatic carbocycles. The molecule has 8 unspecified atom stereocenters. The minimum Gasteiger partial charge on any atom is -0.394 e. The van der Waals surface area contributed by atoms with Gasteiger partial charge < -0.3 is 40.5 Å². The molecular weight excluding hydrogens is 420 g/mol. The van der Waals surface area contributed by atoms with Crippen LogP contribution < -0.4 is 10.6 Å². The van der Waals surface area contributed by atoms with Crippen molar-refractivity contribution < 1.29 is 39.5 Å². The van der Waals surface area contributed by atoms with E-state index in [-0.39, 0.29) is 30.3 Å². The third-order valence-electron chi connectivity index (χ3n) is 5.48. The van der Waals surface area contributed by atoms with Gasteiger partial charge in [-0.1, -0.05) is 20.8 Å². The molecule has 1 aliphatic rings. The number of ether oxygens (including phenoxy) is 2. The molecule has 1 fully saturated rings. The van der Waals surface area contributed by atoms with Gasteiger partial charge in [-0.05, 0) is 38.5 Å². The molecule has 0 bridgehead atoms. The molecule has 0 radical (unpaired) electrons. The highest BCUT2D eigenvalue weighted by Gasteiger charge is 2.45. The van der Waals surface area contributed by atoms with E-state index in [9.17, 15) is 30.0 Å². The molecule has 1 heterocycles. The molecule has 32 heavy (non-hydrogen) atoms. The number of aliphatic hydroxyl groups excluding tert-OH is 3. The first-order valence-electron chi connectivity index (χ1n) is 11.3.